The van der Waals surface area contributed by atoms with Gasteiger partial charge in [0.25, 0.3) is 0 Å². The second-order valence-electron chi connectivity index (χ2n) is 5.04. The molecule has 1 heterocycles. The lowest BCUT2D eigenvalue weighted by molar-refractivity contribution is 0.375. The standard InChI is InChI=1S/C15H19N3OS/c1-2-16-9-11-4-3-5-13(8-11)20-10-14-17-15(19-18-14)12-6-7-12/h3-5,8,12,16H,2,6-7,9-10H2,1H3. The Hall–Kier alpha value is -1.33. The van der Waals surface area contributed by atoms with E-state index in [0.717, 1.165) is 30.6 Å². The number of hydrogen-bond acceptors (Lipinski definition) is 5. The third-order valence-corrected chi connectivity index (χ3v) is 4.25. The number of rotatable bonds is 7. The van der Waals surface area contributed by atoms with Gasteiger partial charge in [-0.2, -0.15) is 4.98 Å². The summed E-state index contributed by atoms with van der Waals surface area (Å²) in [5, 5.41) is 7.38. The molecule has 4 nitrogen and oxygen atoms in total. The number of thioether (sulfide) groups is 1. The second-order valence-corrected chi connectivity index (χ2v) is 6.09. The summed E-state index contributed by atoms with van der Waals surface area (Å²) in [5.74, 6) is 2.92. The zero-order valence-electron chi connectivity index (χ0n) is 11.6. The Kier molecular flexibility index (Phi) is 4.38. The second kappa shape index (κ2) is 6.41. The molecule has 1 aliphatic carbocycles. The van der Waals surface area contributed by atoms with Crippen LogP contribution in [0.2, 0.25) is 0 Å². The predicted molar refractivity (Wildman–Crippen MR) is 79.7 cm³/mol. The van der Waals surface area contributed by atoms with Crippen molar-refractivity contribution >= 4 is 11.8 Å². The average molecular weight is 289 g/mol. The minimum atomic E-state index is 0.532. The maximum atomic E-state index is 5.27. The molecule has 0 aliphatic heterocycles. The topological polar surface area (TPSA) is 51.0 Å². The maximum Gasteiger partial charge on any atom is 0.229 e. The Morgan fingerprint density at radius 2 is 2.30 bits per heavy atom. The number of benzene rings is 1. The van der Waals surface area contributed by atoms with Gasteiger partial charge in [0, 0.05) is 17.4 Å². The fourth-order valence-corrected chi connectivity index (χ4v) is 2.81. The highest BCUT2D eigenvalue weighted by Crippen LogP contribution is 2.39. The van der Waals surface area contributed by atoms with Crippen LogP contribution in [0.5, 0.6) is 0 Å². The summed E-state index contributed by atoms with van der Waals surface area (Å²) >= 11 is 1.75. The molecule has 0 saturated heterocycles. The fourth-order valence-electron chi connectivity index (χ4n) is 1.98. The van der Waals surface area contributed by atoms with E-state index in [1.54, 1.807) is 11.8 Å². The summed E-state index contributed by atoms with van der Waals surface area (Å²) in [7, 11) is 0. The van der Waals surface area contributed by atoms with Gasteiger partial charge in [-0.25, -0.2) is 0 Å². The molecular formula is C15H19N3OS. The lowest BCUT2D eigenvalue weighted by Crippen LogP contribution is -2.11. The SMILES string of the molecule is CCNCc1cccc(SCc2noc(C3CC3)n2)c1. The van der Waals surface area contributed by atoms with Crippen molar-refractivity contribution in [2.24, 2.45) is 0 Å². The van der Waals surface area contributed by atoms with Crippen LogP contribution in [0.3, 0.4) is 0 Å². The van der Waals surface area contributed by atoms with Crippen LogP contribution in [0, 0.1) is 0 Å². The summed E-state index contributed by atoms with van der Waals surface area (Å²) in [6.45, 7) is 4.02. The van der Waals surface area contributed by atoms with Crippen molar-refractivity contribution in [1.29, 1.82) is 0 Å². The van der Waals surface area contributed by atoms with E-state index in [1.807, 2.05) is 0 Å². The van der Waals surface area contributed by atoms with Gasteiger partial charge in [0.2, 0.25) is 5.89 Å². The van der Waals surface area contributed by atoms with E-state index >= 15 is 0 Å². The molecule has 3 rings (SSSR count). The Labute approximate surface area is 123 Å². The number of nitrogens with zero attached hydrogens (tertiary/aromatic N) is 2. The van der Waals surface area contributed by atoms with Crippen molar-refractivity contribution < 1.29 is 4.52 Å². The van der Waals surface area contributed by atoms with Gasteiger partial charge in [-0.3, -0.25) is 0 Å². The first kappa shape index (κ1) is 13.6. The first-order chi connectivity index (χ1) is 9.85. The molecule has 0 amide bonds. The summed E-state index contributed by atoms with van der Waals surface area (Å²) in [6, 6.07) is 8.59. The molecule has 0 atom stereocenters. The fraction of sp³-hybridized carbons (Fsp3) is 0.467. The van der Waals surface area contributed by atoms with Gasteiger partial charge < -0.3 is 9.84 Å². The first-order valence-electron chi connectivity index (χ1n) is 7.10. The molecule has 5 heteroatoms. The monoisotopic (exact) mass is 289 g/mol. The Bertz CT molecular complexity index is 566. The lowest BCUT2D eigenvalue weighted by atomic mass is 10.2. The molecule has 0 bridgehead atoms. The number of hydrogen-bond donors (Lipinski definition) is 1. The summed E-state index contributed by atoms with van der Waals surface area (Å²) in [4.78, 5) is 5.70. The van der Waals surface area contributed by atoms with Gasteiger partial charge in [0.15, 0.2) is 5.82 Å². The molecule has 2 aromatic rings. The summed E-state index contributed by atoms with van der Waals surface area (Å²) in [5.41, 5.74) is 1.31. The molecule has 0 unspecified atom stereocenters. The highest BCUT2D eigenvalue weighted by Gasteiger charge is 2.29. The van der Waals surface area contributed by atoms with E-state index < -0.39 is 0 Å². The molecular weight excluding hydrogens is 270 g/mol. The van der Waals surface area contributed by atoms with Gasteiger partial charge in [-0.1, -0.05) is 24.2 Å². The van der Waals surface area contributed by atoms with Crippen molar-refractivity contribution in [1.82, 2.24) is 15.5 Å². The molecule has 1 fully saturated rings. The zero-order valence-corrected chi connectivity index (χ0v) is 12.4. The third kappa shape index (κ3) is 3.61. The smallest absolute Gasteiger partial charge is 0.229 e. The van der Waals surface area contributed by atoms with Crippen molar-refractivity contribution in [2.45, 2.75) is 42.9 Å². The maximum absolute atomic E-state index is 5.27. The van der Waals surface area contributed by atoms with Crippen molar-refractivity contribution in [3.05, 3.63) is 41.5 Å². The third-order valence-electron chi connectivity index (χ3n) is 3.26. The molecule has 1 saturated carbocycles. The zero-order chi connectivity index (χ0) is 13.8. The van der Waals surface area contributed by atoms with Crippen molar-refractivity contribution in [2.75, 3.05) is 6.54 Å². The van der Waals surface area contributed by atoms with Crippen LogP contribution in [0.4, 0.5) is 0 Å². The Balaban J connectivity index is 1.56. The number of nitrogens with one attached hydrogen (secondary N) is 1. The molecule has 1 aromatic heterocycles. The molecule has 0 radical (unpaired) electrons. The van der Waals surface area contributed by atoms with E-state index in [-0.39, 0.29) is 0 Å². The van der Waals surface area contributed by atoms with Gasteiger partial charge in [-0.05, 0) is 37.1 Å². The molecule has 1 aliphatic rings. The Morgan fingerprint density at radius 3 is 3.10 bits per heavy atom. The van der Waals surface area contributed by atoms with Crippen LogP contribution in [-0.2, 0) is 12.3 Å². The van der Waals surface area contributed by atoms with E-state index in [4.69, 9.17) is 4.52 Å². The average Bonchev–Trinajstić information content (AvgIpc) is 3.22. The van der Waals surface area contributed by atoms with Crippen molar-refractivity contribution in [3.63, 3.8) is 0 Å². The van der Waals surface area contributed by atoms with E-state index in [2.05, 4.69) is 46.6 Å². The minimum Gasteiger partial charge on any atom is -0.339 e. The van der Waals surface area contributed by atoms with Crippen LogP contribution < -0.4 is 5.32 Å². The van der Waals surface area contributed by atoms with Gasteiger partial charge in [0.05, 0.1) is 5.75 Å². The molecule has 0 spiro atoms. The largest absolute Gasteiger partial charge is 0.339 e. The van der Waals surface area contributed by atoms with Crippen LogP contribution in [0.15, 0.2) is 33.7 Å². The van der Waals surface area contributed by atoms with Crippen LogP contribution in [0.1, 0.15) is 43.0 Å². The van der Waals surface area contributed by atoms with E-state index in [1.165, 1.54) is 23.3 Å². The lowest BCUT2D eigenvalue weighted by Gasteiger charge is -2.04. The molecule has 106 valence electrons. The quantitative estimate of drug-likeness (QED) is 0.792. The predicted octanol–water partition coefficient (Wildman–Crippen LogP) is 3.35. The summed E-state index contributed by atoms with van der Waals surface area (Å²) < 4.78 is 5.27. The molecule has 1 N–H and O–H groups in total. The highest BCUT2D eigenvalue weighted by atomic mass is 32.2. The van der Waals surface area contributed by atoms with Gasteiger partial charge in [-0.15, -0.1) is 11.8 Å². The van der Waals surface area contributed by atoms with Crippen LogP contribution in [-0.4, -0.2) is 16.7 Å². The first-order valence-corrected chi connectivity index (χ1v) is 8.08. The van der Waals surface area contributed by atoms with Gasteiger partial charge in [0.1, 0.15) is 0 Å². The number of aromatic nitrogens is 2. The normalized spacial score (nSPS) is 14.7. The minimum absolute atomic E-state index is 0.532. The molecule has 20 heavy (non-hydrogen) atoms. The van der Waals surface area contributed by atoms with Crippen LogP contribution in [0.25, 0.3) is 0 Å². The van der Waals surface area contributed by atoms with Gasteiger partial charge >= 0.3 is 0 Å². The van der Waals surface area contributed by atoms with Crippen molar-refractivity contribution in [3.8, 4) is 0 Å². The van der Waals surface area contributed by atoms with E-state index in [9.17, 15) is 0 Å². The summed E-state index contributed by atoms with van der Waals surface area (Å²) in [6.07, 6.45) is 2.39. The molecule has 1 aromatic carbocycles. The van der Waals surface area contributed by atoms with E-state index in [0.29, 0.717) is 5.92 Å². The Morgan fingerprint density at radius 1 is 1.40 bits per heavy atom. The highest BCUT2D eigenvalue weighted by molar-refractivity contribution is 7.98. The van der Waals surface area contributed by atoms with Crippen LogP contribution >= 0.6 is 11.8 Å².